The van der Waals surface area contributed by atoms with Gasteiger partial charge in [-0.25, -0.2) is 4.39 Å². The number of rotatable bonds is 4. The summed E-state index contributed by atoms with van der Waals surface area (Å²) < 4.78 is 13.0. The SMILES string of the molecule is O=C(O)CCCN1C(=O)C(=O)c2cc(F)ccc21. The summed E-state index contributed by atoms with van der Waals surface area (Å²) in [5.74, 6) is -3.03. The highest BCUT2D eigenvalue weighted by Crippen LogP contribution is 2.29. The van der Waals surface area contributed by atoms with Gasteiger partial charge in [0.1, 0.15) is 5.82 Å². The topological polar surface area (TPSA) is 74.7 Å². The molecule has 1 aliphatic heterocycles. The van der Waals surface area contributed by atoms with E-state index in [1.165, 1.54) is 11.0 Å². The van der Waals surface area contributed by atoms with Crippen molar-refractivity contribution >= 4 is 23.3 Å². The molecular weight excluding hydrogens is 241 g/mol. The van der Waals surface area contributed by atoms with Crippen molar-refractivity contribution in [1.82, 2.24) is 0 Å². The molecule has 18 heavy (non-hydrogen) atoms. The van der Waals surface area contributed by atoms with Crippen LogP contribution in [0.3, 0.4) is 0 Å². The summed E-state index contributed by atoms with van der Waals surface area (Å²) >= 11 is 0. The van der Waals surface area contributed by atoms with Crippen LogP contribution in [-0.2, 0) is 9.59 Å². The Bertz CT molecular complexity index is 541. The number of fused-ring (bicyclic) bond motifs is 1. The Labute approximate surface area is 102 Å². The van der Waals surface area contributed by atoms with E-state index in [2.05, 4.69) is 0 Å². The highest BCUT2D eigenvalue weighted by Gasteiger charge is 2.35. The molecule has 0 radical (unpaired) electrons. The van der Waals surface area contributed by atoms with Crippen LogP contribution in [0, 0.1) is 5.82 Å². The Morgan fingerprint density at radius 3 is 2.72 bits per heavy atom. The number of aliphatic carboxylic acids is 1. The molecule has 0 unspecified atom stereocenters. The van der Waals surface area contributed by atoms with Gasteiger partial charge in [-0.3, -0.25) is 14.4 Å². The second kappa shape index (κ2) is 4.56. The molecule has 0 aliphatic carbocycles. The first-order valence-electron chi connectivity index (χ1n) is 5.38. The quantitative estimate of drug-likeness (QED) is 0.816. The van der Waals surface area contributed by atoms with Crippen molar-refractivity contribution in [1.29, 1.82) is 0 Å². The fourth-order valence-corrected chi connectivity index (χ4v) is 1.88. The molecule has 1 aliphatic rings. The molecule has 0 atom stereocenters. The third kappa shape index (κ3) is 2.09. The Balaban J connectivity index is 2.21. The van der Waals surface area contributed by atoms with Crippen molar-refractivity contribution in [3.05, 3.63) is 29.6 Å². The minimum absolute atomic E-state index is 0.0373. The van der Waals surface area contributed by atoms with Crippen molar-refractivity contribution in [2.24, 2.45) is 0 Å². The number of nitrogens with zero attached hydrogens (tertiary/aromatic N) is 1. The summed E-state index contributed by atoms with van der Waals surface area (Å²) in [6.45, 7) is 0.134. The fourth-order valence-electron chi connectivity index (χ4n) is 1.88. The smallest absolute Gasteiger partial charge is 0.303 e. The van der Waals surface area contributed by atoms with Gasteiger partial charge in [0.05, 0.1) is 11.3 Å². The number of ketones is 1. The van der Waals surface area contributed by atoms with Gasteiger partial charge in [0, 0.05) is 13.0 Å². The number of amides is 1. The maximum absolute atomic E-state index is 13.0. The van der Waals surface area contributed by atoms with Gasteiger partial charge in [-0.15, -0.1) is 0 Å². The van der Waals surface area contributed by atoms with Crippen LogP contribution in [0.1, 0.15) is 23.2 Å². The molecule has 1 heterocycles. The number of carboxylic acids is 1. The van der Waals surface area contributed by atoms with E-state index >= 15 is 0 Å². The van der Waals surface area contributed by atoms with Crippen LogP contribution >= 0.6 is 0 Å². The van der Waals surface area contributed by atoms with E-state index in [1.807, 2.05) is 0 Å². The monoisotopic (exact) mass is 251 g/mol. The van der Waals surface area contributed by atoms with Crippen LogP contribution in [0.25, 0.3) is 0 Å². The van der Waals surface area contributed by atoms with E-state index in [0.29, 0.717) is 5.69 Å². The maximum atomic E-state index is 13.0. The molecule has 0 saturated heterocycles. The molecule has 2 rings (SSSR count). The molecule has 0 spiro atoms. The first-order chi connectivity index (χ1) is 8.50. The van der Waals surface area contributed by atoms with Crippen LogP contribution in [0.5, 0.6) is 0 Å². The largest absolute Gasteiger partial charge is 0.481 e. The Hall–Kier alpha value is -2.24. The minimum atomic E-state index is -0.965. The van der Waals surface area contributed by atoms with Gasteiger partial charge in [-0.1, -0.05) is 0 Å². The average molecular weight is 251 g/mol. The van der Waals surface area contributed by atoms with Crippen LogP contribution in [0.15, 0.2) is 18.2 Å². The summed E-state index contributed by atoms with van der Waals surface area (Å²) in [6.07, 6.45) is 0.152. The van der Waals surface area contributed by atoms with Crippen LogP contribution < -0.4 is 4.90 Å². The van der Waals surface area contributed by atoms with Gasteiger partial charge in [0.2, 0.25) is 0 Å². The molecule has 1 aromatic rings. The van der Waals surface area contributed by atoms with E-state index < -0.39 is 23.5 Å². The lowest BCUT2D eigenvalue weighted by Gasteiger charge is -2.15. The molecular formula is C12H10FNO4. The van der Waals surface area contributed by atoms with Crippen LogP contribution in [-0.4, -0.2) is 29.3 Å². The average Bonchev–Trinajstić information content (AvgIpc) is 2.54. The first-order valence-corrected chi connectivity index (χ1v) is 5.38. The predicted molar refractivity (Wildman–Crippen MR) is 60.0 cm³/mol. The zero-order valence-corrected chi connectivity index (χ0v) is 9.35. The number of benzene rings is 1. The molecule has 1 aromatic carbocycles. The lowest BCUT2D eigenvalue weighted by molar-refractivity contribution is -0.137. The summed E-state index contributed by atoms with van der Waals surface area (Å²) in [5.41, 5.74) is 0.382. The predicted octanol–water partition coefficient (Wildman–Crippen LogP) is 1.22. The molecule has 94 valence electrons. The number of Topliss-reactive ketones (excluding diaryl/α,β-unsaturated/α-hetero) is 1. The number of carboxylic acid groups (broad SMARTS) is 1. The molecule has 6 heteroatoms. The molecule has 1 amide bonds. The maximum Gasteiger partial charge on any atom is 0.303 e. The van der Waals surface area contributed by atoms with Crippen molar-refractivity contribution in [2.75, 3.05) is 11.4 Å². The van der Waals surface area contributed by atoms with Crippen molar-refractivity contribution in [3.63, 3.8) is 0 Å². The highest BCUT2D eigenvalue weighted by molar-refractivity contribution is 6.52. The molecule has 1 N–H and O–H groups in total. The minimum Gasteiger partial charge on any atom is -0.481 e. The molecule has 0 bridgehead atoms. The van der Waals surface area contributed by atoms with Gasteiger partial charge in [-0.05, 0) is 24.6 Å². The third-order valence-corrected chi connectivity index (χ3v) is 2.71. The fraction of sp³-hybridized carbons (Fsp3) is 0.250. The van der Waals surface area contributed by atoms with Gasteiger partial charge < -0.3 is 10.0 Å². The van der Waals surface area contributed by atoms with Gasteiger partial charge in [-0.2, -0.15) is 0 Å². The Morgan fingerprint density at radius 1 is 1.33 bits per heavy atom. The summed E-state index contributed by atoms with van der Waals surface area (Å²) in [4.78, 5) is 34.8. The second-order valence-corrected chi connectivity index (χ2v) is 3.94. The lowest BCUT2D eigenvalue weighted by atomic mass is 10.1. The molecule has 5 nitrogen and oxygen atoms in total. The summed E-state index contributed by atoms with van der Waals surface area (Å²) in [7, 11) is 0. The van der Waals surface area contributed by atoms with E-state index in [-0.39, 0.29) is 24.9 Å². The normalized spacial score (nSPS) is 13.9. The number of hydrogen-bond donors (Lipinski definition) is 1. The zero-order chi connectivity index (χ0) is 13.3. The van der Waals surface area contributed by atoms with Gasteiger partial charge in [0.25, 0.3) is 11.7 Å². The van der Waals surface area contributed by atoms with Gasteiger partial charge in [0.15, 0.2) is 0 Å². The summed E-state index contributed by atoms with van der Waals surface area (Å²) in [6, 6.07) is 3.54. The standard InChI is InChI=1S/C12H10FNO4/c13-7-3-4-9-8(6-7)11(17)12(18)14(9)5-1-2-10(15)16/h3-4,6H,1-2,5H2,(H,15,16). The Morgan fingerprint density at radius 2 is 2.06 bits per heavy atom. The number of anilines is 1. The molecule has 0 saturated carbocycles. The molecule has 0 fully saturated rings. The number of halogens is 1. The summed E-state index contributed by atoms with van der Waals surface area (Å²) in [5, 5.41) is 8.52. The third-order valence-electron chi connectivity index (χ3n) is 2.71. The van der Waals surface area contributed by atoms with E-state index in [9.17, 15) is 18.8 Å². The molecule has 0 aromatic heterocycles. The van der Waals surface area contributed by atoms with Gasteiger partial charge >= 0.3 is 5.97 Å². The number of carbonyl (C=O) groups excluding carboxylic acids is 2. The van der Waals surface area contributed by atoms with Crippen molar-refractivity contribution < 1.29 is 23.9 Å². The second-order valence-electron chi connectivity index (χ2n) is 3.94. The van der Waals surface area contributed by atoms with Crippen molar-refractivity contribution in [3.8, 4) is 0 Å². The Kier molecular flexibility index (Phi) is 3.10. The lowest BCUT2D eigenvalue weighted by Crippen LogP contribution is -2.30. The van der Waals surface area contributed by atoms with E-state index in [4.69, 9.17) is 5.11 Å². The number of hydrogen-bond acceptors (Lipinski definition) is 3. The van der Waals surface area contributed by atoms with E-state index in [0.717, 1.165) is 12.1 Å². The highest BCUT2D eigenvalue weighted by atomic mass is 19.1. The van der Waals surface area contributed by atoms with Crippen LogP contribution in [0.2, 0.25) is 0 Å². The van der Waals surface area contributed by atoms with Crippen molar-refractivity contribution in [2.45, 2.75) is 12.8 Å². The number of carbonyl (C=O) groups is 3. The van der Waals surface area contributed by atoms with Crippen LogP contribution in [0.4, 0.5) is 10.1 Å². The van der Waals surface area contributed by atoms with E-state index in [1.54, 1.807) is 0 Å². The first kappa shape index (κ1) is 12.2. The zero-order valence-electron chi connectivity index (χ0n) is 9.35.